The van der Waals surface area contributed by atoms with Crippen molar-refractivity contribution in [3.8, 4) is 0 Å². The molecule has 0 radical (unpaired) electrons. The molecule has 0 saturated heterocycles. The molecule has 0 unspecified atom stereocenters. The number of nitrogens with one attached hydrogen (secondary N) is 1. The Morgan fingerprint density at radius 2 is 2.00 bits per heavy atom. The van der Waals surface area contributed by atoms with Crippen molar-refractivity contribution in [2.45, 2.75) is 38.1 Å². The van der Waals surface area contributed by atoms with Crippen molar-refractivity contribution < 1.29 is 22.7 Å². The van der Waals surface area contributed by atoms with Crippen molar-refractivity contribution in [3.63, 3.8) is 0 Å². The van der Waals surface area contributed by atoms with Gasteiger partial charge >= 0.3 is 5.97 Å². The molecule has 1 amide bonds. The van der Waals surface area contributed by atoms with Crippen molar-refractivity contribution in [2.75, 3.05) is 7.11 Å². The second-order valence-electron chi connectivity index (χ2n) is 5.47. The van der Waals surface area contributed by atoms with E-state index in [-0.39, 0.29) is 5.56 Å². The summed E-state index contributed by atoms with van der Waals surface area (Å²) in [5, 5.41) is -0.421. The van der Waals surface area contributed by atoms with Crippen LogP contribution in [0.25, 0.3) is 0 Å². The van der Waals surface area contributed by atoms with Gasteiger partial charge in [0.2, 0.25) is 0 Å². The van der Waals surface area contributed by atoms with Crippen molar-refractivity contribution in [1.82, 2.24) is 9.71 Å². The fraction of sp³-hybridized carbons (Fsp3) is 0.353. The molecule has 2 rings (SSSR count). The van der Waals surface area contributed by atoms with E-state index in [1.165, 1.54) is 30.7 Å². The largest absolute Gasteiger partial charge is 0.465 e. The lowest BCUT2D eigenvalue weighted by Gasteiger charge is -2.06. The number of aromatic nitrogens is 1. The first-order valence-corrected chi connectivity index (χ1v) is 10.3. The second-order valence-corrected chi connectivity index (χ2v) is 8.24. The zero-order chi connectivity index (χ0) is 19.3. The monoisotopic (exact) mass is 396 g/mol. The number of pyridine rings is 1. The third-order valence-electron chi connectivity index (χ3n) is 3.64. The van der Waals surface area contributed by atoms with E-state index in [0.717, 1.165) is 35.8 Å². The first-order chi connectivity index (χ1) is 12.3. The maximum Gasteiger partial charge on any atom is 0.338 e. The first-order valence-electron chi connectivity index (χ1n) is 8.05. The molecule has 0 spiro atoms. The summed E-state index contributed by atoms with van der Waals surface area (Å²) < 4.78 is 31.4. The topological polar surface area (TPSA) is 102 Å². The molecule has 9 heteroatoms. The zero-order valence-electron chi connectivity index (χ0n) is 14.7. The highest BCUT2D eigenvalue weighted by atomic mass is 32.2. The Morgan fingerprint density at radius 1 is 1.27 bits per heavy atom. The number of thiophene rings is 1. The number of hydrogen-bond donors (Lipinski definition) is 1. The molecule has 0 aliphatic rings. The Hall–Kier alpha value is -2.26. The van der Waals surface area contributed by atoms with Crippen LogP contribution in [0.15, 0.2) is 29.4 Å². The van der Waals surface area contributed by atoms with Gasteiger partial charge in [0.25, 0.3) is 15.9 Å². The van der Waals surface area contributed by atoms with Crippen LogP contribution in [0.4, 0.5) is 0 Å². The maximum atomic E-state index is 12.4. The van der Waals surface area contributed by atoms with Gasteiger partial charge < -0.3 is 4.74 Å². The van der Waals surface area contributed by atoms with E-state index in [0.29, 0.717) is 4.88 Å². The quantitative estimate of drug-likeness (QED) is 0.722. The van der Waals surface area contributed by atoms with Gasteiger partial charge in [0.15, 0.2) is 5.03 Å². The molecule has 0 bridgehead atoms. The van der Waals surface area contributed by atoms with Crippen molar-refractivity contribution in [3.05, 3.63) is 45.3 Å². The van der Waals surface area contributed by atoms with Gasteiger partial charge in [0.05, 0.1) is 17.6 Å². The summed E-state index contributed by atoms with van der Waals surface area (Å²) in [7, 11) is -3.02. The van der Waals surface area contributed by atoms with Crippen molar-refractivity contribution >= 4 is 33.2 Å². The summed E-state index contributed by atoms with van der Waals surface area (Å²) in [5.74, 6) is -1.40. The number of hydrogen-bond acceptors (Lipinski definition) is 7. The fourth-order valence-corrected chi connectivity index (χ4v) is 4.60. The number of aryl methyl sites for hydroxylation is 2. The van der Waals surface area contributed by atoms with E-state index < -0.39 is 26.9 Å². The van der Waals surface area contributed by atoms with Crippen LogP contribution in [0.3, 0.4) is 0 Å². The normalized spacial score (nSPS) is 11.2. The lowest BCUT2D eigenvalue weighted by atomic mass is 10.1. The van der Waals surface area contributed by atoms with Crippen LogP contribution in [0, 0.1) is 0 Å². The van der Waals surface area contributed by atoms with Crippen molar-refractivity contribution in [1.29, 1.82) is 0 Å². The zero-order valence-corrected chi connectivity index (χ0v) is 16.4. The van der Waals surface area contributed by atoms with Crippen molar-refractivity contribution in [2.24, 2.45) is 0 Å². The summed E-state index contributed by atoms with van der Waals surface area (Å²) >= 11 is 1.29. The number of amides is 1. The van der Waals surface area contributed by atoms with E-state index in [1.54, 1.807) is 6.07 Å². The second kappa shape index (κ2) is 8.41. The Kier molecular flexibility index (Phi) is 6.49. The van der Waals surface area contributed by atoms with Gasteiger partial charge in [0.1, 0.15) is 0 Å². The molecular weight excluding hydrogens is 376 g/mol. The van der Waals surface area contributed by atoms with Gasteiger partial charge in [-0.1, -0.05) is 20.3 Å². The summed E-state index contributed by atoms with van der Waals surface area (Å²) in [6.45, 7) is 4.03. The van der Waals surface area contributed by atoms with Crippen LogP contribution < -0.4 is 4.72 Å². The summed E-state index contributed by atoms with van der Waals surface area (Å²) in [4.78, 5) is 29.1. The molecule has 0 aliphatic heterocycles. The predicted octanol–water partition coefficient (Wildman–Crippen LogP) is 2.56. The number of methoxy groups -OCH3 is 1. The molecule has 2 aromatic heterocycles. The van der Waals surface area contributed by atoms with E-state index in [4.69, 9.17) is 0 Å². The number of carbonyl (C=O) groups is 2. The predicted molar refractivity (Wildman–Crippen MR) is 97.9 cm³/mol. The van der Waals surface area contributed by atoms with Crippen LogP contribution in [0.1, 0.15) is 50.7 Å². The molecule has 0 aliphatic carbocycles. The van der Waals surface area contributed by atoms with Gasteiger partial charge in [-0.05, 0) is 36.6 Å². The highest BCUT2D eigenvalue weighted by Gasteiger charge is 2.23. The molecule has 0 fully saturated rings. The summed E-state index contributed by atoms with van der Waals surface area (Å²) in [5.41, 5.74) is 1.08. The van der Waals surface area contributed by atoms with Crippen LogP contribution >= 0.6 is 11.3 Å². The smallest absolute Gasteiger partial charge is 0.338 e. The molecule has 2 aromatic rings. The van der Waals surface area contributed by atoms with E-state index in [9.17, 15) is 18.0 Å². The molecule has 26 heavy (non-hydrogen) atoms. The lowest BCUT2D eigenvalue weighted by Crippen LogP contribution is -2.30. The average molecular weight is 396 g/mol. The number of sulfonamides is 1. The minimum Gasteiger partial charge on any atom is -0.465 e. The highest BCUT2D eigenvalue weighted by Crippen LogP contribution is 2.25. The third-order valence-corrected chi connectivity index (χ3v) is 6.10. The number of ether oxygens (including phenoxy) is 1. The van der Waals surface area contributed by atoms with E-state index in [1.807, 2.05) is 18.6 Å². The molecule has 2 heterocycles. The lowest BCUT2D eigenvalue weighted by molar-refractivity contribution is 0.0600. The Morgan fingerprint density at radius 3 is 2.62 bits per heavy atom. The maximum absolute atomic E-state index is 12.4. The fourth-order valence-electron chi connectivity index (χ4n) is 2.34. The first kappa shape index (κ1) is 20.1. The standard InChI is InChI=1S/C17H20N2O5S2/c1-4-6-13-11(5-2)9-14(25-13)16(20)19-26(22,23)15-10-12(7-8-18-15)17(21)24-3/h7-10H,4-6H2,1-3H3,(H,19,20). The minimum atomic E-state index is -4.21. The molecule has 0 aromatic carbocycles. The Balaban J connectivity index is 2.26. The average Bonchev–Trinajstić information content (AvgIpc) is 3.04. The molecule has 0 atom stereocenters. The van der Waals surface area contributed by atoms with Crippen LogP contribution in [-0.2, 0) is 27.6 Å². The number of esters is 1. The van der Waals surface area contributed by atoms with Gasteiger partial charge in [-0.15, -0.1) is 11.3 Å². The van der Waals surface area contributed by atoms with Crippen LogP contribution in [0.5, 0.6) is 0 Å². The van der Waals surface area contributed by atoms with Gasteiger partial charge in [-0.25, -0.2) is 14.5 Å². The van der Waals surface area contributed by atoms with E-state index >= 15 is 0 Å². The molecule has 140 valence electrons. The van der Waals surface area contributed by atoms with E-state index in [2.05, 4.69) is 9.72 Å². The molecular formula is C17H20N2O5S2. The number of carbonyl (C=O) groups excluding carboxylic acids is 2. The Labute approximate surface area is 156 Å². The SMILES string of the molecule is CCCc1sc(C(=O)NS(=O)(=O)c2cc(C(=O)OC)ccn2)cc1CC. The third kappa shape index (κ3) is 4.47. The van der Waals surface area contributed by atoms with Gasteiger partial charge in [0, 0.05) is 11.1 Å². The van der Waals surface area contributed by atoms with Gasteiger partial charge in [-0.2, -0.15) is 8.42 Å². The summed E-state index contributed by atoms with van der Waals surface area (Å²) in [6.07, 6.45) is 3.73. The molecule has 0 saturated carbocycles. The highest BCUT2D eigenvalue weighted by molar-refractivity contribution is 7.90. The molecule has 7 nitrogen and oxygen atoms in total. The van der Waals surface area contributed by atoms with Gasteiger partial charge in [-0.3, -0.25) is 4.79 Å². The number of rotatable bonds is 7. The number of nitrogens with zero attached hydrogens (tertiary/aromatic N) is 1. The summed E-state index contributed by atoms with van der Waals surface area (Å²) in [6, 6.07) is 4.12. The minimum absolute atomic E-state index is 0.0324. The molecule has 1 N–H and O–H groups in total. The Bertz CT molecular complexity index is 919. The van der Waals surface area contributed by atoms with Crippen LogP contribution in [0.2, 0.25) is 0 Å². The van der Waals surface area contributed by atoms with Crippen LogP contribution in [-0.4, -0.2) is 32.4 Å².